The highest BCUT2D eigenvalue weighted by Crippen LogP contribution is 2.03. The molecule has 0 aliphatic carbocycles. The number of hydrogen-bond acceptors (Lipinski definition) is 3. The minimum atomic E-state index is -0.168. The monoisotopic (exact) mass is 491 g/mol. The number of hydrogen-bond donors (Lipinski definition) is 2. The van der Waals surface area contributed by atoms with Gasteiger partial charge in [-0.2, -0.15) is 0 Å². The van der Waals surface area contributed by atoms with Gasteiger partial charge < -0.3 is 10.6 Å². The van der Waals surface area contributed by atoms with E-state index in [-0.39, 0.29) is 11.8 Å². The standard InChI is InChI=1S/C31H45N3O2/c1-3-5-6-7-8-9-10-11-12-13-14-15-16-17-18-19-20-22-30(35)32-25-26-33-31(36)28-23-24-29(21-4-2)34-27-28/h5-6,8-9,11-12,14-15,17-18,23-24,27H,3-4,7,10,13,16,19-22,25-26H2,1-2H3,(H,32,35)(H,33,36)/b6-5-,9-8-,12-11-,15-14-,18-17-. The molecule has 0 spiro atoms. The number of nitrogens with zero attached hydrogens (tertiary/aromatic N) is 1. The van der Waals surface area contributed by atoms with Crippen LogP contribution in [0.25, 0.3) is 0 Å². The van der Waals surface area contributed by atoms with Gasteiger partial charge in [0, 0.05) is 31.4 Å². The molecule has 0 radical (unpaired) electrons. The van der Waals surface area contributed by atoms with E-state index in [1.165, 1.54) is 0 Å². The first-order valence-corrected chi connectivity index (χ1v) is 13.4. The first-order valence-electron chi connectivity index (χ1n) is 13.4. The van der Waals surface area contributed by atoms with Crippen LogP contribution in [0.3, 0.4) is 0 Å². The molecule has 0 atom stereocenters. The van der Waals surface area contributed by atoms with E-state index < -0.39 is 0 Å². The van der Waals surface area contributed by atoms with Crippen molar-refractivity contribution in [2.45, 2.75) is 78.1 Å². The summed E-state index contributed by atoms with van der Waals surface area (Å²) in [6, 6.07) is 3.68. The molecule has 5 nitrogen and oxygen atoms in total. The normalized spacial score (nSPS) is 12.1. The van der Waals surface area contributed by atoms with Gasteiger partial charge in [-0.3, -0.25) is 14.6 Å². The second kappa shape index (κ2) is 22.3. The lowest BCUT2D eigenvalue weighted by atomic mass is 10.2. The summed E-state index contributed by atoms with van der Waals surface area (Å²) in [4.78, 5) is 28.3. The molecule has 0 bridgehead atoms. The molecule has 0 saturated carbocycles. The van der Waals surface area contributed by atoms with E-state index in [4.69, 9.17) is 0 Å². The summed E-state index contributed by atoms with van der Waals surface area (Å²) >= 11 is 0. The van der Waals surface area contributed by atoms with Gasteiger partial charge in [0.25, 0.3) is 5.91 Å². The molecule has 5 heteroatoms. The van der Waals surface area contributed by atoms with Crippen LogP contribution in [0.15, 0.2) is 79.1 Å². The molecule has 196 valence electrons. The van der Waals surface area contributed by atoms with Crippen molar-refractivity contribution in [1.29, 1.82) is 0 Å². The van der Waals surface area contributed by atoms with Gasteiger partial charge in [0.2, 0.25) is 5.91 Å². The SMILES string of the molecule is CC/C=C\C/C=C\C/C=C\C/C=C\C/C=C\CCCC(=O)NCCNC(=O)c1ccc(CCC)nc1. The molecule has 0 aliphatic rings. The van der Waals surface area contributed by atoms with Gasteiger partial charge in [0.15, 0.2) is 0 Å². The molecular formula is C31H45N3O2. The number of aryl methyl sites for hydroxylation is 1. The third kappa shape index (κ3) is 17.3. The summed E-state index contributed by atoms with van der Waals surface area (Å²) in [7, 11) is 0. The summed E-state index contributed by atoms with van der Waals surface area (Å²) < 4.78 is 0. The van der Waals surface area contributed by atoms with Gasteiger partial charge in [-0.15, -0.1) is 0 Å². The minimum absolute atomic E-state index is 0.0159. The average molecular weight is 492 g/mol. The fourth-order valence-corrected chi connectivity index (χ4v) is 3.28. The highest BCUT2D eigenvalue weighted by molar-refractivity contribution is 5.93. The Morgan fingerprint density at radius 3 is 1.92 bits per heavy atom. The zero-order valence-corrected chi connectivity index (χ0v) is 22.3. The molecule has 0 aliphatic heterocycles. The maximum atomic E-state index is 12.1. The number of aromatic nitrogens is 1. The Hall–Kier alpha value is -3.21. The summed E-state index contributed by atoms with van der Waals surface area (Å²) in [5.74, 6) is -0.152. The van der Waals surface area contributed by atoms with E-state index in [0.717, 1.165) is 63.5 Å². The van der Waals surface area contributed by atoms with Crippen molar-refractivity contribution >= 4 is 11.8 Å². The number of rotatable bonds is 19. The van der Waals surface area contributed by atoms with Crippen LogP contribution in [-0.4, -0.2) is 29.9 Å². The molecule has 0 unspecified atom stereocenters. The molecule has 1 heterocycles. The van der Waals surface area contributed by atoms with Crippen molar-refractivity contribution < 1.29 is 9.59 Å². The van der Waals surface area contributed by atoms with E-state index >= 15 is 0 Å². The molecule has 2 amide bonds. The summed E-state index contributed by atoms with van der Waals surface area (Å²) in [6.45, 7) is 5.07. The number of allylic oxidation sites excluding steroid dienone is 10. The Kier molecular flexibility index (Phi) is 19.1. The number of pyridine rings is 1. The number of carbonyl (C=O) groups is 2. The summed E-state index contributed by atoms with van der Waals surface area (Å²) in [5, 5.41) is 5.66. The van der Waals surface area contributed by atoms with Crippen LogP contribution in [0.5, 0.6) is 0 Å². The molecular weight excluding hydrogens is 446 g/mol. The van der Waals surface area contributed by atoms with Crippen molar-refractivity contribution in [3.8, 4) is 0 Å². The lowest BCUT2D eigenvalue weighted by Crippen LogP contribution is -2.34. The van der Waals surface area contributed by atoms with Gasteiger partial charge >= 0.3 is 0 Å². The van der Waals surface area contributed by atoms with Crippen LogP contribution in [0, 0.1) is 0 Å². The van der Waals surface area contributed by atoms with Gasteiger partial charge in [0.1, 0.15) is 0 Å². The quantitative estimate of drug-likeness (QED) is 0.165. The number of unbranched alkanes of at least 4 members (excludes halogenated alkanes) is 1. The van der Waals surface area contributed by atoms with Crippen LogP contribution in [-0.2, 0) is 11.2 Å². The number of amides is 2. The maximum absolute atomic E-state index is 12.1. The molecule has 1 aromatic rings. The van der Waals surface area contributed by atoms with E-state index in [1.54, 1.807) is 12.3 Å². The lowest BCUT2D eigenvalue weighted by Gasteiger charge is -2.07. The van der Waals surface area contributed by atoms with Crippen molar-refractivity contribution in [2.75, 3.05) is 13.1 Å². The van der Waals surface area contributed by atoms with Crippen LogP contribution in [0.2, 0.25) is 0 Å². The number of nitrogens with one attached hydrogen (secondary N) is 2. The third-order valence-electron chi connectivity index (χ3n) is 5.26. The molecule has 1 rings (SSSR count). The summed E-state index contributed by atoms with van der Waals surface area (Å²) in [6.07, 6.45) is 32.5. The van der Waals surface area contributed by atoms with E-state index in [9.17, 15) is 9.59 Å². The van der Waals surface area contributed by atoms with E-state index in [1.807, 2.05) is 6.07 Å². The topological polar surface area (TPSA) is 71.1 Å². The van der Waals surface area contributed by atoms with Crippen molar-refractivity contribution in [2.24, 2.45) is 0 Å². The van der Waals surface area contributed by atoms with Crippen LogP contribution >= 0.6 is 0 Å². The molecule has 36 heavy (non-hydrogen) atoms. The van der Waals surface area contributed by atoms with Crippen molar-refractivity contribution in [3.63, 3.8) is 0 Å². The predicted molar refractivity (Wildman–Crippen MR) is 152 cm³/mol. The van der Waals surface area contributed by atoms with Gasteiger partial charge in [-0.05, 0) is 63.5 Å². The zero-order valence-electron chi connectivity index (χ0n) is 22.3. The maximum Gasteiger partial charge on any atom is 0.252 e. The Labute approximate surface area is 218 Å². The molecule has 1 aromatic heterocycles. The predicted octanol–water partition coefficient (Wildman–Crippen LogP) is 6.80. The Balaban J connectivity index is 2.00. The molecule has 0 aromatic carbocycles. The minimum Gasteiger partial charge on any atom is -0.354 e. The van der Waals surface area contributed by atoms with Crippen LogP contribution < -0.4 is 10.6 Å². The van der Waals surface area contributed by atoms with E-state index in [0.29, 0.717) is 25.1 Å². The second-order valence-corrected chi connectivity index (χ2v) is 8.49. The third-order valence-corrected chi connectivity index (χ3v) is 5.26. The van der Waals surface area contributed by atoms with Gasteiger partial charge in [-0.25, -0.2) is 0 Å². The van der Waals surface area contributed by atoms with Crippen LogP contribution in [0.4, 0.5) is 0 Å². The Morgan fingerprint density at radius 1 is 0.778 bits per heavy atom. The number of carbonyl (C=O) groups excluding carboxylic acids is 2. The fourth-order valence-electron chi connectivity index (χ4n) is 3.28. The smallest absolute Gasteiger partial charge is 0.252 e. The van der Waals surface area contributed by atoms with E-state index in [2.05, 4.69) is 90.2 Å². The van der Waals surface area contributed by atoms with Crippen LogP contribution in [0.1, 0.15) is 87.7 Å². The fraction of sp³-hybridized carbons (Fsp3) is 0.452. The van der Waals surface area contributed by atoms with Crippen molar-refractivity contribution in [3.05, 3.63) is 90.3 Å². The van der Waals surface area contributed by atoms with Crippen molar-refractivity contribution in [1.82, 2.24) is 15.6 Å². The first kappa shape index (κ1) is 30.8. The average Bonchev–Trinajstić information content (AvgIpc) is 2.89. The highest BCUT2D eigenvalue weighted by Gasteiger charge is 2.06. The van der Waals surface area contributed by atoms with Gasteiger partial charge in [-0.1, -0.05) is 81.0 Å². The molecule has 0 fully saturated rings. The zero-order chi connectivity index (χ0) is 26.1. The summed E-state index contributed by atoms with van der Waals surface area (Å²) in [5.41, 5.74) is 1.53. The Bertz CT molecular complexity index is 864. The Morgan fingerprint density at radius 2 is 1.36 bits per heavy atom. The lowest BCUT2D eigenvalue weighted by molar-refractivity contribution is -0.121. The second-order valence-electron chi connectivity index (χ2n) is 8.49. The van der Waals surface area contributed by atoms with Gasteiger partial charge in [0.05, 0.1) is 5.56 Å². The molecule has 0 saturated heterocycles. The highest BCUT2D eigenvalue weighted by atomic mass is 16.2. The largest absolute Gasteiger partial charge is 0.354 e. The molecule has 2 N–H and O–H groups in total. The first-order chi connectivity index (χ1) is 17.7.